The van der Waals surface area contributed by atoms with Gasteiger partial charge in [-0.1, -0.05) is 49.3 Å². The Hall–Kier alpha value is -1.68. The number of nitrogens with zero attached hydrogens (tertiary/aromatic N) is 2. The molecule has 0 bridgehead atoms. The molecular formula is C17H25N3O. The van der Waals surface area contributed by atoms with Crippen LogP contribution in [0.2, 0.25) is 0 Å². The molecule has 114 valence electrons. The summed E-state index contributed by atoms with van der Waals surface area (Å²) in [6, 6.07) is 10.8. The molecule has 0 spiro atoms. The first-order chi connectivity index (χ1) is 10.2. The molecule has 1 heterocycles. The normalized spacial score (nSPS) is 13.3. The first-order valence-electron chi connectivity index (χ1n) is 7.72. The van der Waals surface area contributed by atoms with E-state index in [-0.39, 0.29) is 5.41 Å². The van der Waals surface area contributed by atoms with Gasteiger partial charge in [-0.2, -0.15) is 4.98 Å². The summed E-state index contributed by atoms with van der Waals surface area (Å²) in [5.74, 6) is 1.51. The SMILES string of the molecule is CCC(CC)(c1ccccc1)c1noc(CC(C)NC)n1. The Labute approximate surface area is 127 Å². The lowest BCUT2D eigenvalue weighted by atomic mass is 9.75. The number of hydrogen-bond donors (Lipinski definition) is 1. The van der Waals surface area contributed by atoms with Crippen molar-refractivity contribution >= 4 is 0 Å². The highest BCUT2D eigenvalue weighted by Crippen LogP contribution is 2.36. The summed E-state index contributed by atoms with van der Waals surface area (Å²) in [7, 11) is 1.94. The van der Waals surface area contributed by atoms with Gasteiger partial charge in [0, 0.05) is 12.5 Å². The third-order valence-electron chi connectivity index (χ3n) is 4.40. The van der Waals surface area contributed by atoms with Crippen molar-refractivity contribution in [1.82, 2.24) is 15.5 Å². The molecule has 1 N–H and O–H groups in total. The van der Waals surface area contributed by atoms with Crippen molar-refractivity contribution in [3.05, 3.63) is 47.6 Å². The molecule has 0 fully saturated rings. The molecule has 4 heteroatoms. The number of benzene rings is 1. The summed E-state index contributed by atoms with van der Waals surface area (Å²) < 4.78 is 5.47. The van der Waals surface area contributed by atoms with Gasteiger partial charge in [-0.15, -0.1) is 0 Å². The fourth-order valence-corrected chi connectivity index (χ4v) is 2.76. The predicted octanol–water partition coefficient (Wildman–Crippen LogP) is 3.33. The lowest BCUT2D eigenvalue weighted by molar-refractivity contribution is 0.345. The molecular weight excluding hydrogens is 262 g/mol. The van der Waals surface area contributed by atoms with E-state index in [1.54, 1.807) is 0 Å². The second-order valence-electron chi connectivity index (χ2n) is 5.56. The third-order valence-corrected chi connectivity index (χ3v) is 4.40. The zero-order valence-electron chi connectivity index (χ0n) is 13.4. The second-order valence-corrected chi connectivity index (χ2v) is 5.56. The topological polar surface area (TPSA) is 51.0 Å². The van der Waals surface area contributed by atoms with Crippen molar-refractivity contribution in [2.75, 3.05) is 7.05 Å². The Bertz CT molecular complexity index is 546. The van der Waals surface area contributed by atoms with Crippen molar-refractivity contribution in [2.45, 2.75) is 51.5 Å². The minimum atomic E-state index is -0.161. The summed E-state index contributed by atoms with van der Waals surface area (Å²) in [5.41, 5.74) is 1.09. The molecule has 1 aromatic carbocycles. The third kappa shape index (κ3) is 3.16. The van der Waals surface area contributed by atoms with Crippen LogP contribution in [0.5, 0.6) is 0 Å². The van der Waals surface area contributed by atoms with E-state index in [1.165, 1.54) is 5.56 Å². The molecule has 0 aliphatic carbocycles. The highest BCUT2D eigenvalue weighted by molar-refractivity contribution is 5.32. The van der Waals surface area contributed by atoms with E-state index in [0.717, 1.165) is 25.1 Å². The van der Waals surface area contributed by atoms with E-state index in [0.29, 0.717) is 11.9 Å². The fraction of sp³-hybridized carbons (Fsp3) is 0.529. The van der Waals surface area contributed by atoms with Crippen LogP contribution in [0.15, 0.2) is 34.9 Å². The van der Waals surface area contributed by atoms with Crippen molar-refractivity contribution in [3.8, 4) is 0 Å². The molecule has 0 saturated carbocycles. The summed E-state index contributed by atoms with van der Waals surface area (Å²) in [4.78, 5) is 4.67. The predicted molar refractivity (Wildman–Crippen MR) is 84.3 cm³/mol. The number of nitrogens with one attached hydrogen (secondary N) is 1. The molecule has 2 rings (SSSR count). The highest BCUT2D eigenvalue weighted by atomic mass is 16.5. The number of rotatable bonds is 7. The quantitative estimate of drug-likeness (QED) is 0.848. The van der Waals surface area contributed by atoms with E-state index in [2.05, 4.69) is 60.5 Å². The Morgan fingerprint density at radius 1 is 1.19 bits per heavy atom. The van der Waals surface area contributed by atoms with Crippen LogP contribution in [0.25, 0.3) is 0 Å². The van der Waals surface area contributed by atoms with Gasteiger partial charge in [0.1, 0.15) is 0 Å². The van der Waals surface area contributed by atoms with E-state index in [1.807, 2.05) is 13.1 Å². The molecule has 1 unspecified atom stereocenters. The van der Waals surface area contributed by atoms with Crippen LogP contribution >= 0.6 is 0 Å². The Morgan fingerprint density at radius 3 is 2.43 bits per heavy atom. The Kier molecular flexibility index (Phi) is 5.12. The molecule has 0 saturated heterocycles. The maximum absolute atomic E-state index is 5.47. The Morgan fingerprint density at radius 2 is 1.86 bits per heavy atom. The first kappa shape index (κ1) is 15.7. The van der Waals surface area contributed by atoms with E-state index >= 15 is 0 Å². The van der Waals surface area contributed by atoms with Gasteiger partial charge in [0.2, 0.25) is 5.89 Å². The number of hydrogen-bond acceptors (Lipinski definition) is 4. The monoisotopic (exact) mass is 287 g/mol. The molecule has 21 heavy (non-hydrogen) atoms. The summed E-state index contributed by atoms with van der Waals surface area (Å²) in [6.45, 7) is 6.47. The average Bonchev–Trinajstić information content (AvgIpc) is 2.99. The second kappa shape index (κ2) is 6.85. The van der Waals surface area contributed by atoms with Gasteiger partial charge in [-0.05, 0) is 32.4 Å². The molecule has 2 aromatic rings. The Balaban J connectivity index is 2.35. The van der Waals surface area contributed by atoms with Crippen LogP contribution in [0.4, 0.5) is 0 Å². The van der Waals surface area contributed by atoms with Crippen molar-refractivity contribution < 1.29 is 4.52 Å². The summed E-state index contributed by atoms with van der Waals surface area (Å²) >= 11 is 0. The number of aromatic nitrogens is 2. The van der Waals surface area contributed by atoms with Crippen molar-refractivity contribution in [2.24, 2.45) is 0 Å². The lowest BCUT2D eigenvalue weighted by Crippen LogP contribution is -2.28. The zero-order valence-corrected chi connectivity index (χ0v) is 13.4. The molecule has 0 radical (unpaired) electrons. The fourth-order valence-electron chi connectivity index (χ4n) is 2.76. The average molecular weight is 287 g/mol. The minimum Gasteiger partial charge on any atom is -0.339 e. The van der Waals surface area contributed by atoms with Crippen LogP contribution in [-0.2, 0) is 11.8 Å². The van der Waals surface area contributed by atoms with Gasteiger partial charge in [0.15, 0.2) is 5.82 Å². The van der Waals surface area contributed by atoms with E-state index < -0.39 is 0 Å². The summed E-state index contributed by atoms with van der Waals surface area (Å²) in [5, 5.41) is 7.47. The van der Waals surface area contributed by atoms with Gasteiger partial charge in [0.05, 0.1) is 5.41 Å². The van der Waals surface area contributed by atoms with E-state index in [4.69, 9.17) is 4.52 Å². The highest BCUT2D eigenvalue weighted by Gasteiger charge is 2.35. The first-order valence-corrected chi connectivity index (χ1v) is 7.72. The van der Waals surface area contributed by atoms with Crippen molar-refractivity contribution in [1.29, 1.82) is 0 Å². The van der Waals surface area contributed by atoms with Crippen molar-refractivity contribution in [3.63, 3.8) is 0 Å². The van der Waals surface area contributed by atoms with Crippen LogP contribution < -0.4 is 5.32 Å². The lowest BCUT2D eigenvalue weighted by Gasteiger charge is -2.28. The maximum atomic E-state index is 5.47. The molecule has 1 atom stereocenters. The smallest absolute Gasteiger partial charge is 0.228 e. The molecule has 0 aliphatic heterocycles. The maximum Gasteiger partial charge on any atom is 0.228 e. The van der Waals surface area contributed by atoms with Crippen LogP contribution in [0.1, 0.15) is 50.9 Å². The minimum absolute atomic E-state index is 0.161. The van der Waals surface area contributed by atoms with Crippen LogP contribution in [-0.4, -0.2) is 23.2 Å². The van der Waals surface area contributed by atoms with Gasteiger partial charge in [-0.25, -0.2) is 0 Å². The zero-order chi connectivity index (χ0) is 15.3. The van der Waals surface area contributed by atoms with Gasteiger partial charge < -0.3 is 9.84 Å². The van der Waals surface area contributed by atoms with Gasteiger partial charge in [0.25, 0.3) is 0 Å². The van der Waals surface area contributed by atoms with Gasteiger partial charge in [-0.3, -0.25) is 0 Å². The number of likely N-dealkylation sites (N-methyl/N-ethyl adjacent to an activating group) is 1. The molecule has 1 aromatic heterocycles. The van der Waals surface area contributed by atoms with E-state index in [9.17, 15) is 0 Å². The molecule has 0 amide bonds. The molecule has 4 nitrogen and oxygen atoms in total. The van der Waals surface area contributed by atoms with Crippen LogP contribution in [0, 0.1) is 0 Å². The molecule has 0 aliphatic rings. The van der Waals surface area contributed by atoms with Crippen LogP contribution in [0.3, 0.4) is 0 Å². The standard InChI is InChI=1S/C17H25N3O/c1-5-17(6-2,14-10-8-7-9-11-14)16-19-15(21-20-16)12-13(3)18-4/h7-11,13,18H,5-6,12H2,1-4H3. The van der Waals surface area contributed by atoms with Gasteiger partial charge >= 0.3 is 0 Å². The largest absolute Gasteiger partial charge is 0.339 e. The summed E-state index contributed by atoms with van der Waals surface area (Å²) in [6.07, 6.45) is 2.66.